The summed E-state index contributed by atoms with van der Waals surface area (Å²) in [7, 11) is 0. The Kier molecular flexibility index (Phi) is 6.37. The SMILES string of the molecule is Cc1cc(C(=O)NC2=C(C(=O)NC(C)C)CCCC2C)n(-c2ncccc2Cl)n1. The summed E-state index contributed by atoms with van der Waals surface area (Å²) in [6, 6.07) is 5.13. The molecular weight excluding hydrogens is 390 g/mol. The second-order valence-corrected chi connectivity index (χ2v) is 8.07. The first-order chi connectivity index (χ1) is 13.8. The highest BCUT2D eigenvalue weighted by atomic mass is 35.5. The zero-order valence-electron chi connectivity index (χ0n) is 17.1. The monoisotopic (exact) mass is 415 g/mol. The van der Waals surface area contributed by atoms with Gasteiger partial charge in [0.05, 0.1) is 10.7 Å². The van der Waals surface area contributed by atoms with Gasteiger partial charge in [-0.1, -0.05) is 18.5 Å². The number of rotatable bonds is 5. The van der Waals surface area contributed by atoms with Crippen molar-refractivity contribution in [2.45, 2.75) is 53.0 Å². The summed E-state index contributed by atoms with van der Waals surface area (Å²) in [6.07, 6.45) is 4.07. The Hall–Kier alpha value is -2.67. The molecule has 2 heterocycles. The zero-order valence-corrected chi connectivity index (χ0v) is 17.9. The van der Waals surface area contributed by atoms with Crippen molar-refractivity contribution in [3.8, 4) is 5.82 Å². The lowest BCUT2D eigenvalue weighted by Gasteiger charge is -2.26. The number of halogens is 1. The first kappa shape index (κ1) is 21.0. The highest BCUT2D eigenvalue weighted by molar-refractivity contribution is 6.32. The number of nitrogens with one attached hydrogen (secondary N) is 2. The lowest BCUT2D eigenvalue weighted by Crippen LogP contribution is -2.37. The van der Waals surface area contributed by atoms with Crippen molar-refractivity contribution < 1.29 is 9.59 Å². The third-order valence-electron chi connectivity index (χ3n) is 4.83. The average Bonchev–Trinajstić information content (AvgIpc) is 3.04. The summed E-state index contributed by atoms with van der Waals surface area (Å²) in [6.45, 7) is 7.66. The predicted molar refractivity (Wildman–Crippen MR) is 112 cm³/mol. The van der Waals surface area contributed by atoms with Gasteiger partial charge in [-0.15, -0.1) is 0 Å². The van der Waals surface area contributed by atoms with E-state index in [-0.39, 0.29) is 23.8 Å². The molecule has 1 unspecified atom stereocenters. The van der Waals surface area contributed by atoms with E-state index < -0.39 is 0 Å². The summed E-state index contributed by atoms with van der Waals surface area (Å²) in [5, 5.41) is 10.7. The Morgan fingerprint density at radius 1 is 1.31 bits per heavy atom. The molecule has 2 amide bonds. The van der Waals surface area contributed by atoms with Gasteiger partial charge in [0.25, 0.3) is 5.91 Å². The van der Waals surface area contributed by atoms with Crippen molar-refractivity contribution in [1.82, 2.24) is 25.4 Å². The first-order valence-corrected chi connectivity index (χ1v) is 10.2. The fraction of sp³-hybridized carbons (Fsp3) is 0.429. The van der Waals surface area contributed by atoms with Crippen LogP contribution in [0.4, 0.5) is 0 Å². The number of nitrogens with zero attached hydrogens (tertiary/aromatic N) is 3. The Morgan fingerprint density at radius 3 is 2.76 bits per heavy atom. The number of aryl methyl sites for hydroxylation is 1. The van der Waals surface area contributed by atoms with Crippen molar-refractivity contribution >= 4 is 23.4 Å². The van der Waals surface area contributed by atoms with Crippen LogP contribution in [0.1, 0.15) is 56.2 Å². The fourth-order valence-electron chi connectivity index (χ4n) is 3.49. The predicted octanol–water partition coefficient (Wildman–Crippen LogP) is 3.56. The summed E-state index contributed by atoms with van der Waals surface area (Å²) in [5.74, 6) is -0.00222. The van der Waals surface area contributed by atoms with Crippen LogP contribution in [0.25, 0.3) is 5.82 Å². The molecule has 1 aliphatic carbocycles. The molecule has 0 aromatic carbocycles. The van der Waals surface area contributed by atoms with E-state index in [4.69, 9.17) is 11.6 Å². The van der Waals surface area contributed by atoms with E-state index in [2.05, 4.69) is 20.7 Å². The summed E-state index contributed by atoms with van der Waals surface area (Å²) >= 11 is 6.26. The van der Waals surface area contributed by atoms with Gasteiger partial charge < -0.3 is 10.6 Å². The number of aromatic nitrogens is 3. The second-order valence-electron chi connectivity index (χ2n) is 7.66. The molecule has 7 nitrogen and oxygen atoms in total. The number of carbonyl (C=O) groups is 2. The van der Waals surface area contributed by atoms with Gasteiger partial charge >= 0.3 is 0 Å². The molecule has 2 aromatic rings. The normalized spacial score (nSPS) is 16.8. The number of carbonyl (C=O) groups excluding carboxylic acids is 2. The van der Waals surface area contributed by atoms with E-state index in [9.17, 15) is 9.59 Å². The van der Waals surface area contributed by atoms with Crippen LogP contribution in [0.2, 0.25) is 5.02 Å². The van der Waals surface area contributed by atoms with Crippen LogP contribution in [0.5, 0.6) is 0 Å². The molecule has 2 aromatic heterocycles. The maximum Gasteiger partial charge on any atom is 0.274 e. The molecule has 1 atom stereocenters. The van der Waals surface area contributed by atoms with Crippen molar-refractivity contribution in [3.05, 3.63) is 52.1 Å². The van der Waals surface area contributed by atoms with Crippen LogP contribution in [0.15, 0.2) is 35.7 Å². The van der Waals surface area contributed by atoms with Gasteiger partial charge in [-0.2, -0.15) is 5.10 Å². The van der Waals surface area contributed by atoms with Crippen LogP contribution in [0, 0.1) is 12.8 Å². The topological polar surface area (TPSA) is 88.9 Å². The molecule has 2 N–H and O–H groups in total. The number of pyridine rings is 1. The van der Waals surface area contributed by atoms with Crippen molar-refractivity contribution in [1.29, 1.82) is 0 Å². The molecule has 0 saturated heterocycles. The van der Waals surface area contributed by atoms with E-state index in [1.54, 1.807) is 31.3 Å². The van der Waals surface area contributed by atoms with E-state index in [0.29, 0.717) is 39.9 Å². The summed E-state index contributed by atoms with van der Waals surface area (Å²) < 4.78 is 1.44. The Labute approximate surface area is 175 Å². The quantitative estimate of drug-likeness (QED) is 0.781. The van der Waals surface area contributed by atoms with Gasteiger partial charge in [0.15, 0.2) is 5.82 Å². The molecule has 8 heteroatoms. The molecule has 0 aliphatic heterocycles. The third kappa shape index (κ3) is 4.67. The summed E-state index contributed by atoms with van der Waals surface area (Å²) in [5.41, 5.74) is 2.30. The van der Waals surface area contributed by atoms with E-state index >= 15 is 0 Å². The first-order valence-electron chi connectivity index (χ1n) is 9.80. The molecule has 0 bridgehead atoms. The molecule has 0 spiro atoms. The van der Waals surface area contributed by atoms with Crippen molar-refractivity contribution in [2.75, 3.05) is 0 Å². The molecule has 154 valence electrons. The lowest BCUT2D eigenvalue weighted by atomic mass is 9.87. The molecule has 0 fully saturated rings. The van der Waals surface area contributed by atoms with Crippen molar-refractivity contribution in [3.63, 3.8) is 0 Å². The average molecular weight is 416 g/mol. The maximum atomic E-state index is 13.2. The minimum absolute atomic E-state index is 0.0274. The second kappa shape index (κ2) is 8.78. The van der Waals surface area contributed by atoms with E-state index in [0.717, 1.165) is 12.8 Å². The van der Waals surface area contributed by atoms with Gasteiger partial charge in [-0.3, -0.25) is 9.59 Å². The molecule has 0 radical (unpaired) electrons. The molecular formula is C21H26ClN5O2. The number of hydrogen-bond donors (Lipinski definition) is 2. The lowest BCUT2D eigenvalue weighted by molar-refractivity contribution is -0.118. The number of amides is 2. The fourth-order valence-corrected chi connectivity index (χ4v) is 3.69. The molecule has 3 rings (SSSR count). The zero-order chi connectivity index (χ0) is 21.1. The maximum absolute atomic E-state index is 13.2. The Morgan fingerprint density at radius 2 is 2.07 bits per heavy atom. The largest absolute Gasteiger partial charge is 0.350 e. The smallest absolute Gasteiger partial charge is 0.274 e. The molecule has 29 heavy (non-hydrogen) atoms. The van der Waals surface area contributed by atoms with Crippen LogP contribution in [-0.4, -0.2) is 32.6 Å². The summed E-state index contributed by atoms with van der Waals surface area (Å²) in [4.78, 5) is 30.1. The van der Waals surface area contributed by atoms with Crippen LogP contribution in [0.3, 0.4) is 0 Å². The van der Waals surface area contributed by atoms with Gasteiger partial charge in [-0.05, 0) is 64.2 Å². The molecule has 1 aliphatic rings. The van der Waals surface area contributed by atoms with Gasteiger partial charge in [0.1, 0.15) is 5.69 Å². The highest BCUT2D eigenvalue weighted by Gasteiger charge is 2.27. The van der Waals surface area contributed by atoms with E-state index in [1.165, 1.54) is 4.68 Å². The number of hydrogen-bond acceptors (Lipinski definition) is 4. The third-order valence-corrected chi connectivity index (χ3v) is 5.12. The Bertz CT molecular complexity index is 964. The van der Waals surface area contributed by atoms with Crippen molar-refractivity contribution in [2.24, 2.45) is 5.92 Å². The van der Waals surface area contributed by atoms with Gasteiger partial charge in [0, 0.05) is 23.5 Å². The van der Waals surface area contributed by atoms with Gasteiger partial charge in [0.2, 0.25) is 5.91 Å². The minimum Gasteiger partial charge on any atom is -0.350 e. The standard InChI is InChI=1S/C21H26ClN5O2/c1-12(2)24-20(28)15-8-5-7-13(3)18(15)25-21(29)17-11-14(4)26-27(17)19-16(22)9-6-10-23-19/h6,9-13H,5,7-8H2,1-4H3,(H,24,28)(H,25,29). The van der Waals surface area contributed by atoms with Crippen LogP contribution < -0.4 is 10.6 Å². The van der Waals surface area contributed by atoms with Crippen LogP contribution in [-0.2, 0) is 4.79 Å². The molecule has 0 saturated carbocycles. The number of allylic oxidation sites excluding steroid dienone is 1. The highest BCUT2D eigenvalue weighted by Crippen LogP contribution is 2.29. The van der Waals surface area contributed by atoms with Crippen LogP contribution >= 0.6 is 11.6 Å². The van der Waals surface area contributed by atoms with E-state index in [1.807, 2.05) is 20.8 Å². The van der Waals surface area contributed by atoms with Gasteiger partial charge in [-0.25, -0.2) is 9.67 Å². The minimum atomic E-state index is -0.342. The Balaban J connectivity index is 1.96.